The number of benzene rings is 1. The Morgan fingerprint density at radius 1 is 1.29 bits per heavy atom. The topological polar surface area (TPSA) is 47.0 Å². The van der Waals surface area contributed by atoms with Crippen LogP contribution in [-0.2, 0) is 19.4 Å². The molecule has 1 unspecified atom stereocenters. The van der Waals surface area contributed by atoms with Crippen molar-refractivity contribution in [1.82, 2.24) is 15.3 Å². The summed E-state index contributed by atoms with van der Waals surface area (Å²) in [7, 11) is 0. The molecule has 0 fully saturated rings. The van der Waals surface area contributed by atoms with E-state index < -0.39 is 0 Å². The van der Waals surface area contributed by atoms with Crippen molar-refractivity contribution in [2.24, 2.45) is 0 Å². The average molecular weight is 281 g/mol. The summed E-state index contributed by atoms with van der Waals surface area (Å²) in [4.78, 5) is 9.72. The molecule has 0 bridgehead atoms. The number of ether oxygens (including phenoxy) is 1. The van der Waals surface area contributed by atoms with Gasteiger partial charge in [-0.25, -0.2) is 9.97 Å². The molecule has 3 heterocycles. The number of aryl methyl sites for hydroxylation is 1. The third-order valence-corrected chi connectivity index (χ3v) is 4.39. The molecule has 1 aromatic carbocycles. The minimum Gasteiger partial charge on any atom is -0.492 e. The minimum atomic E-state index is 0.165. The Balaban J connectivity index is 1.80. The van der Waals surface area contributed by atoms with E-state index in [-0.39, 0.29) is 5.92 Å². The van der Waals surface area contributed by atoms with Crippen LogP contribution in [0.5, 0.6) is 5.75 Å². The minimum absolute atomic E-state index is 0.165. The Labute approximate surface area is 124 Å². The first kappa shape index (κ1) is 12.8. The number of aromatic nitrogens is 2. The lowest BCUT2D eigenvalue weighted by molar-refractivity contribution is 0.339. The van der Waals surface area contributed by atoms with Crippen molar-refractivity contribution < 1.29 is 4.74 Å². The van der Waals surface area contributed by atoms with Crippen LogP contribution in [0.25, 0.3) is 0 Å². The quantitative estimate of drug-likeness (QED) is 0.917. The van der Waals surface area contributed by atoms with Gasteiger partial charge in [0, 0.05) is 17.8 Å². The first-order valence-corrected chi connectivity index (χ1v) is 7.68. The molecule has 0 aliphatic carbocycles. The van der Waals surface area contributed by atoms with Gasteiger partial charge in [-0.1, -0.05) is 25.1 Å². The second-order valence-electron chi connectivity index (χ2n) is 5.64. The first-order chi connectivity index (χ1) is 10.4. The fraction of sp³-hybridized carbons (Fsp3) is 0.412. The van der Waals surface area contributed by atoms with Gasteiger partial charge in [-0.2, -0.15) is 0 Å². The van der Waals surface area contributed by atoms with Crippen molar-refractivity contribution in [3.63, 3.8) is 0 Å². The van der Waals surface area contributed by atoms with E-state index in [1.807, 2.05) is 12.1 Å². The van der Waals surface area contributed by atoms with Gasteiger partial charge in [0.05, 0.1) is 11.6 Å². The standard InChI is InChI=1S/C17H19N3O/c1-2-14-12-7-8-18-9-15(12)20-17(19-14)13-10-21-16-6-4-3-5-11(13)16/h3-6,13,18H,2,7-10H2,1H3. The molecule has 0 amide bonds. The van der Waals surface area contributed by atoms with Crippen LogP contribution in [-0.4, -0.2) is 23.1 Å². The Kier molecular flexibility index (Phi) is 3.11. The zero-order valence-corrected chi connectivity index (χ0v) is 12.2. The zero-order chi connectivity index (χ0) is 14.2. The monoisotopic (exact) mass is 281 g/mol. The van der Waals surface area contributed by atoms with Crippen LogP contribution in [0.15, 0.2) is 24.3 Å². The maximum Gasteiger partial charge on any atom is 0.139 e. The number of hydrogen-bond donors (Lipinski definition) is 1. The summed E-state index contributed by atoms with van der Waals surface area (Å²) in [6, 6.07) is 8.22. The van der Waals surface area contributed by atoms with Crippen LogP contribution in [0.3, 0.4) is 0 Å². The Hall–Kier alpha value is -1.94. The van der Waals surface area contributed by atoms with E-state index in [9.17, 15) is 0 Å². The smallest absolute Gasteiger partial charge is 0.139 e. The zero-order valence-electron chi connectivity index (χ0n) is 12.2. The van der Waals surface area contributed by atoms with Crippen LogP contribution < -0.4 is 10.1 Å². The maximum atomic E-state index is 5.79. The molecule has 4 heteroatoms. The van der Waals surface area contributed by atoms with Crippen molar-refractivity contribution in [2.45, 2.75) is 32.2 Å². The molecule has 4 rings (SSSR count). The van der Waals surface area contributed by atoms with Gasteiger partial charge in [0.25, 0.3) is 0 Å². The molecule has 0 radical (unpaired) electrons. The first-order valence-electron chi connectivity index (χ1n) is 7.68. The van der Waals surface area contributed by atoms with E-state index >= 15 is 0 Å². The predicted octanol–water partition coefficient (Wildman–Crippen LogP) is 2.21. The van der Waals surface area contributed by atoms with Gasteiger partial charge in [-0.3, -0.25) is 0 Å². The summed E-state index contributed by atoms with van der Waals surface area (Å²) in [6.07, 6.45) is 2.00. The van der Waals surface area contributed by atoms with Crippen molar-refractivity contribution in [1.29, 1.82) is 0 Å². The summed E-state index contributed by atoms with van der Waals surface area (Å²) >= 11 is 0. The highest BCUT2D eigenvalue weighted by Crippen LogP contribution is 2.37. The highest BCUT2D eigenvalue weighted by molar-refractivity contribution is 5.43. The van der Waals surface area contributed by atoms with Gasteiger partial charge in [-0.15, -0.1) is 0 Å². The largest absolute Gasteiger partial charge is 0.492 e. The summed E-state index contributed by atoms with van der Waals surface area (Å²) in [5, 5.41) is 3.41. The van der Waals surface area contributed by atoms with Gasteiger partial charge in [0.15, 0.2) is 0 Å². The fourth-order valence-corrected chi connectivity index (χ4v) is 3.28. The number of rotatable bonds is 2. The fourth-order valence-electron chi connectivity index (χ4n) is 3.28. The summed E-state index contributed by atoms with van der Waals surface area (Å²) in [5.41, 5.74) is 4.95. The molecule has 21 heavy (non-hydrogen) atoms. The van der Waals surface area contributed by atoms with Gasteiger partial charge >= 0.3 is 0 Å². The van der Waals surface area contributed by atoms with E-state index in [4.69, 9.17) is 14.7 Å². The Morgan fingerprint density at radius 2 is 2.19 bits per heavy atom. The van der Waals surface area contributed by atoms with Gasteiger partial charge in [0.2, 0.25) is 0 Å². The molecule has 2 aliphatic heterocycles. The number of nitrogens with zero attached hydrogens (tertiary/aromatic N) is 2. The van der Waals surface area contributed by atoms with Gasteiger partial charge in [-0.05, 0) is 31.0 Å². The molecule has 4 nitrogen and oxygen atoms in total. The van der Waals surface area contributed by atoms with Crippen LogP contribution in [0.1, 0.15) is 41.2 Å². The maximum absolute atomic E-state index is 5.79. The van der Waals surface area contributed by atoms with Crippen molar-refractivity contribution in [3.05, 3.63) is 52.6 Å². The number of para-hydroxylation sites is 1. The third-order valence-electron chi connectivity index (χ3n) is 4.39. The predicted molar refractivity (Wildman–Crippen MR) is 80.6 cm³/mol. The summed E-state index contributed by atoms with van der Waals surface area (Å²) < 4.78 is 5.79. The van der Waals surface area contributed by atoms with E-state index in [0.717, 1.165) is 37.5 Å². The average Bonchev–Trinajstić information content (AvgIpc) is 2.98. The van der Waals surface area contributed by atoms with Crippen LogP contribution in [0.4, 0.5) is 0 Å². The van der Waals surface area contributed by atoms with Crippen molar-refractivity contribution in [2.75, 3.05) is 13.2 Å². The Bertz CT molecular complexity index is 666. The molecule has 2 aliphatic rings. The number of fused-ring (bicyclic) bond motifs is 2. The molecule has 108 valence electrons. The van der Waals surface area contributed by atoms with Gasteiger partial charge < -0.3 is 10.1 Å². The molecule has 0 spiro atoms. The molecular formula is C17H19N3O. The second-order valence-corrected chi connectivity index (χ2v) is 5.64. The van der Waals surface area contributed by atoms with Crippen molar-refractivity contribution >= 4 is 0 Å². The normalized spacial score (nSPS) is 19.8. The van der Waals surface area contributed by atoms with Crippen LogP contribution >= 0.6 is 0 Å². The molecule has 1 N–H and O–H groups in total. The van der Waals surface area contributed by atoms with Crippen LogP contribution in [0, 0.1) is 0 Å². The lowest BCUT2D eigenvalue weighted by Crippen LogP contribution is -2.27. The molecule has 1 aromatic heterocycles. The van der Waals surface area contributed by atoms with E-state index in [2.05, 4.69) is 24.4 Å². The number of nitrogens with one attached hydrogen (secondary N) is 1. The third kappa shape index (κ3) is 2.10. The van der Waals surface area contributed by atoms with E-state index in [1.165, 1.54) is 22.5 Å². The molecule has 1 atom stereocenters. The lowest BCUT2D eigenvalue weighted by Gasteiger charge is -2.21. The van der Waals surface area contributed by atoms with E-state index in [1.54, 1.807) is 0 Å². The highest BCUT2D eigenvalue weighted by Gasteiger charge is 2.29. The molecule has 2 aromatic rings. The SMILES string of the molecule is CCc1nc(C2COc3ccccc32)nc2c1CCNC2. The lowest BCUT2D eigenvalue weighted by atomic mass is 9.98. The highest BCUT2D eigenvalue weighted by atomic mass is 16.5. The second kappa shape index (κ2) is 5.11. The van der Waals surface area contributed by atoms with Crippen molar-refractivity contribution in [3.8, 4) is 5.75 Å². The Morgan fingerprint density at radius 3 is 3.10 bits per heavy atom. The summed E-state index contributed by atoms with van der Waals surface area (Å²) in [6.45, 7) is 4.70. The van der Waals surface area contributed by atoms with Crippen LogP contribution in [0.2, 0.25) is 0 Å². The summed E-state index contributed by atoms with van der Waals surface area (Å²) in [5.74, 6) is 2.05. The number of hydrogen-bond acceptors (Lipinski definition) is 4. The molecule has 0 saturated heterocycles. The molecule has 0 saturated carbocycles. The molecular weight excluding hydrogens is 262 g/mol. The van der Waals surface area contributed by atoms with Gasteiger partial charge in [0.1, 0.15) is 18.2 Å². The van der Waals surface area contributed by atoms with E-state index in [0.29, 0.717) is 6.61 Å².